The number of halogens is 2. The SMILES string of the molecule is CC(=O)OCc1nnc(-c2ccc(N3CCC(C#N)(Cc4cc(F)ccc4Cl)CC3)nn2)o1. The lowest BCUT2D eigenvalue weighted by atomic mass is 9.75. The number of esters is 1. The van der Waals surface area contributed by atoms with Gasteiger partial charge >= 0.3 is 5.97 Å². The second kappa shape index (κ2) is 9.50. The Morgan fingerprint density at radius 1 is 1.24 bits per heavy atom. The normalized spacial score (nSPS) is 15.2. The summed E-state index contributed by atoms with van der Waals surface area (Å²) in [5.74, 6) is 0.183. The third kappa shape index (κ3) is 5.26. The predicted molar refractivity (Wildman–Crippen MR) is 115 cm³/mol. The first-order valence-corrected chi connectivity index (χ1v) is 10.7. The van der Waals surface area contributed by atoms with E-state index < -0.39 is 11.4 Å². The number of benzene rings is 1. The number of carbonyl (C=O) groups excluding carboxylic acids is 1. The van der Waals surface area contributed by atoms with Crippen LogP contribution in [0.15, 0.2) is 34.7 Å². The number of ether oxygens (including phenoxy) is 1. The molecule has 1 saturated heterocycles. The van der Waals surface area contributed by atoms with E-state index in [2.05, 4.69) is 26.5 Å². The molecule has 0 unspecified atom stereocenters. The van der Waals surface area contributed by atoms with Crippen molar-refractivity contribution in [2.45, 2.75) is 32.8 Å². The molecule has 0 spiro atoms. The summed E-state index contributed by atoms with van der Waals surface area (Å²) in [6, 6.07) is 10.2. The van der Waals surface area contributed by atoms with Gasteiger partial charge in [0.2, 0.25) is 0 Å². The molecule has 0 bridgehead atoms. The summed E-state index contributed by atoms with van der Waals surface area (Å²) in [7, 11) is 0. The molecule has 1 aromatic carbocycles. The summed E-state index contributed by atoms with van der Waals surface area (Å²) in [5, 5.41) is 26.5. The topological polar surface area (TPSA) is 118 Å². The van der Waals surface area contributed by atoms with Crippen LogP contribution in [0.25, 0.3) is 11.6 Å². The molecule has 0 aliphatic carbocycles. The summed E-state index contributed by atoms with van der Waals surface area (Å²) in [5.41, 5.74) is 0.413. The first-order valence-electron chi connectivity index (χ1n) is 10.3. The number of nitriles is 1. The van der Waals surface area contributed by atoms with E-state index in [0.717, 1.165) is 0 Å². The van der Waals surface area contributed by atoms with Crippen molar-refractivity contribution >= 4 is 23.4 Å². The molecule has 11 heteroatoms. The number of hydrogen-bond donors (Lipinski definition) is 0. The van der Waals surface area contributed by atoms with Crippen LogP contribution in [-0.4, -0.2) is 39.5 Å². The Morgan fingerprint density at radius 2 is 2.03 bits per heavy atom. The van der Waals surface area contributed by atoms with Gasteiger partial charge in [-0.25, -0.2) is 4.39 Å². The Bertz CT molecular complexity index is 1190. The second-order valence-electron chi connectivity index (χ2n) is 7.85. The molecule has 0 saturated carbocycles. The lowest BCUT2D eigenvalue weighted by molar-refractivity contribution is -0.142. The quantitative estimate of drug-likeness (QED) is 0.496. The fourth-order valence-electron chi connectivity index (χ4n) is 3.72. The predicted octanol–water partition coefficient (Wildman–Crippen LogP) is 3.74. The minimum Gasteiger partial charge on any atom is -0.456 e. The van der Waals surface area contributed by atoms with Crippen LogP contribution in [0.1, 0.15) is 31.2 Å². The number of nitrogens with zero attached hydrogens (tertiary/aromatic N) is 6. The summed E-state index contributed by atoms with van der Waals surface area (Å²) < 4.78 is 23.9. The molecule has 170 valence electrons. The van der Waals surface area contributed by atoms with Gasteiger partial charge in [0.1, 0.15) is 11.5 Å². The molecular formula is C22H20ClFN6O3. The Labute approximate surface area is 194 Å². The number of hydrogen-bond acceptors (Lipinski definition) is 9. The Kier molecular flexibility index (Phi) is 6.51. The molecule has 3 heterocycles. The molecule has 33 heavy (non-hydrogen) atoms. The summed E-state index contributed by atoms with van der Waals surface area (Å²) >= 11 is 6.21. The van der Waals surface area contributed by atoms with Gasteiger partial charge in [0, 0.05) is 25.0 Å². The van der Waals surface area contributed by atoms with E-state index in [1.165, 1.54) is 25.1 Å². The molecule has 0 radical (unpaired) electrons. The van der Waals surface area contributed by atoms with Crippen molar-refractivity contribution in [2.75, 3.05) is 18.0 Å². The van der Waals surface area contributed by atoms with E-state index in [1.807, 2.05) is 4.90 Å². The molecule has 2 aromatic heterocycles. The van der Waals surface area contributed by atoms with Crippen LogP contribution in [-0.2, 0) is 22.6 Å². The van der Waals surface area contributed by atoms with E-state index >= 15 is 0 Å². The van der Waals surface area contributed by atoms with Crippen molar-refractivity contribution in [3.63, 3.8) is 0 Å². The summed E-state index contributed by atoms with van der Waals surface area (Å²) in [6.45, 7) is 2.38. The van der Waals surface area contributed by atoms with Crippen LogP contribution in [0.2, 0.25) is 5.02 Å². The number of anilines is 1. The first kappa shape index (κ1) is 22.6. The number of piperidine rings is 1. The van der Waals surface area contributed by atoms with Gasteiger partial charge in [-0.1, -0.05) is 11.6 Å². The third-order valence-electron chi connectivity index (χ3n) is 5.55. The van der Waals surface area contributed by atoms with Crippen LogP contribution in [0, 0.1) is 22.6 Å². The van der Waals surface area contributed by atoms with Crippen LogP contribution in [0.3, 0.4) is 0 Å². The van der Waals surface area contributed by atoms with E-state index in [9.17, 15) is 14.4 Å². The number of carbonyl (C=O) groups is 1. The Balaban J connectivity index is 1.40. The zero-order valence-corrected chi connectivity index (χ0v) is 18.5. The highest BCUT2D eigenvalue weighted by atomic mass is 35.5. The van der Waals surface area contributed by atoms with Gasteiger partial charge in [-0.2, -0.15) is 5.26 Å². The molecular weight excluding hydrogens is 451 g/mol. The largest absolute Gasteiger partial charge is 0.456 e. The van der Waals surface area contributed by atoms with Crippen molar-refractivity contribution in [3.05, 3.63) is 52.6 Å². The van der Waals surface area contributed by atoms with Crippen LogP contribution < -0.4 is 4.90 Å². The van der Waals surface area contributed by atoms with Crippen LogP contribution >= 0.6 is 11.6 Å². The average molecular weight is 471 g/mol. The number of aromatic nitrogens is 4. The maximum atomic E-state index is 13.6. The van der Waals surface area contributed by atoms with Crippen molar-refractivity contribution in [1.82, 2.24) is 20.4 Å². The molecule has 0 N–H and O–H groups in total. The molecule has 0 amide bonds. The maximum Gasteiger partial charge on any atom is 0.303 e. The van der Waals surface area contributed by atoms with Crippen molar-refractivity contribution in [1.29, 1.82) is 5.26 Å². The van der Waals surface area contributed by atoms with Gasteiger partial charge < -0.3 is 14.1 Å². The smallest absolute Gasteiger partial charge is 0.303 e. The highest BCUT2D eigenvalue weighted by Gasteiger charge is 2.36. The monoisotopic (exact) mass is 470 g/mol. The first-order chi connectivity index (χ1) is 15.9. The highest BCUT2D eigenvalue weighted by Crippen LogP contribution is 2.37. The minimum absolute atomic E-state index is 0.108. The highest BCUT2D eigenvalue weighted by molar-refractivity contribution is 6.31. The second-order valence-corrected chi connectivity index (χ2v) is 8.26. The standard InChI is InChI=1S/C22H20ClFN6O3/c1-14(31)32-12-20-28-29-21(33-20)18-4-5-19(27-26-18)30-8-6-22(13-25,7-9-30)11-15-10-16(24)2-3-17(15)23/h2-5,10H,6-9,11-12H2,1H3. The van der Waals surface area contributed by atoms with Crippen LogP contribution in [0.4, 0.5) is 10.2 Å². The van der Waals surface area contributed by atoms with Crippen molar-refractivity contribution in [2.24, 2.45) is 5.41 Å². The van der Waals surface area contributed by atoms with E-state index in [-0.39, 0.29) is 24.2 Å². The fourth-order valence-corrected chi connectivity index (χ4v) is 3.91. The third-order valence-corrected chi connectivity index (χ3v) is 5.92. The maximum absolute atomic E-state index is 13.6. The molecule has 1 fully saturated rings. The van der Waals surface area contributed by atoms with Gasteiger partial charge in [-0.05, 0) is 55.2 Å². The minimum atomic E-state index is -0.622. The lowest BCUT2D eigenvalue weighted by Crippen LogP contribution is -2.41. The van der Waals surface area contributed by atoms with Crippen LogP contribution in [0.5, 0.6) is 0 Å². The zero-order valence-electron chi connectivity index (χ0n) is 17.8. The molecule has 0 atom stereocenters. The van der Waals surface area contributed by atoms with Crippen molar-refractivity contribution < 1.29 is 18.3 Å². The van der Waals surface area contributed by atoms with E-state index in [0.29, 0.717) is 54.4 Å². The van der Waals surface area contributed by atoms with Crippen molar-refractivity contribution in [3.8, 4) is 17.7 Å². The fraction of sp³-hybridized carbons (Fsp3) is 0.364. The Morgan fingerprint density at radius 3 is 2.70 bits per heavy atom. The molecule has 3 aromatic rings. The molecule has 9 nitrogen and oxygen atoms in total. The summed E-state index contributed by atoms with van der Waals surface area (Å²) in [4.78, 5) is 12.9. The molecule has 1 aliphatic rings. The van der Waals surface area contributed by atoms with E-state index in [1.54, 1.807) is 12.1 Å². The summed E-state index contributed by atoms with van der Waals surface area (Å²) in [6.07, 6.45) is 1.57. The zero-order chi connectivity index (χ0) is 23.4. The van der Waals surface area contributed by atoms with Gasteiger partial charge in [-0.15, -0.1) is 20.4 Å². The van der Waals surface area contributed by atoms with Gasteiger partial charge in [0.25, 0.3) is 11.8 Å². The van der Waals surface area contributed by atoms with Gasteiger partial charge in [-0.3, -0.25) is 4.79 Å². The molecule has 1 aliphatic heterocycles. The Hall–Kier alpha value is -3.58. The van der Waals surface area contributed by atoms with E-state index in [4.69, 9.17) is 20.8 Å². The lowest BCUT2D eigenvalue weighted by Gasteiger charge is -2.38. The molecule has 4 rings (SSSR count). The average Bonchev–Trinajstić information content (AvgIpc) is 3.30. The number of rotatable bonds is 6. The van der Waals surface area contributed by atoms with Gasteiger partial charge in [0.05, 0.1) is 11.5 Å². The van der Waals surface area contributed by atoms with Gasteiger partial charge in [0.15, 0.2) is 12.4 Å².